The van der Waals surface area contributed by atoms with Crippen molar-refractivity contribution in [2.24, 2.45) is 0 Å². The average Bonchev–Trinajstić information content (AvgIpc) is 3.29. The van der Waals surface area contributed by atoms with Crippen molar-refractivity contribution in [3.05, 3.63) is 224 Å². The second kappa shape index (κ2) is 13.7. The van der Waals surface area contributed by atoms with Gasteiger partial charge in [0.1, 0.15) is 0 Å². The first-order valence-corrected chi connectivity index (χ1v) is 19.7. The van der Waals surface area contributed by atoms with E-state index in [0.717, 1.165) is 17.1 Å². The summed E-state index contributed by atoms with van der Waals surface area (Å²) in [6, 6.07) is 82.1. The van der Waals surface area contributed by atoms with Gasteiger partial charge in [0.15, 0.2) is 0 Å². The minimum Gasteiger partial charge on any atom is -0.310 e. The first-order valence-electron chi connectivity index (χ1n) is 19.7. The van der Waals surface area contributed by atoms with E-state index in [1.807, 2.05) is 0 Å². The molecule has 0 amide bonds. The van der Waals surface area contributed by atoms with Gasteiger partial charge in [0.25, 0.3) is 0 Å². The van der Waals surface area contributed by atoms with Crippen LogP contribution in [0.4, 0.5) is 17.1 Å². The van der Waals surface area contributed by atoms with Crippen LogP contribution >= 0.6 is 0 Å². The molecule has 1 heteroatoms. The van der Waals surface area contributed by atoms with E-state index < -0.39 is 0 Å². The Bertz CT molecular complexity index is 3290. The molecule has 0 spiro atoms. The standard InChI is InChI=1S/C56H37N/c1-3-17-39(18-4-1)55-52-29-14-12-27-49(52)50-33-31-43(36-53(50)56(55)40-19-5-2-6-20-40)42-23-15-24-45(35-42)57(46-32-30-38-16-7-8-21-41(38)34-46)54-37-44-22-9-10-25-47(44)48-26-11-13-28-51(48)54/h1-37H. The Labute approximate surface area is 332 Å². The van der Waals surface area contributed by atoms with Crippen LogP contribution in [0.15, 0.2) is 224 Å². The van der Waals surface area contributed by atoms with Gasteiger partial charge in [-0.3, -0.25) is 0 Å². The Morgan fingerprint density at radius 1 is 0.228 bits per heavy atom. The summed E-state index contributed by atoms with van der Waals surface area (Å²) in [6.07, 6.45) is 0. The molecule has 0 radical (unpaired) electrons. The molecule has 0 aliphatic carbocycles. The van der Waals surface area contributed by atoms with Crippen LogP contribution in [0, 0.1) is 0 Å². The lowest BCUT2D eigenvalue weighted by Gasteiger charge is -2.28. The minimum absolute atomic E-state index is 1.11. The molecular formula is C56H37N. The van der Waals surface area contributed by atoms with Gasteiger partial charge < -0.3 is 4.90 Å². The van der Waals surface area contributed by atoms with E-state index in [1.54, 1.807) is 0 Å². The molecule has 0 unspecified atom stereocenters. The lowest BCUT2D eigenvalue weighted by molar-refractivity contribution is 1.31. The molecule has 0 atom stereocenters. The largest absolute Gasteiger partial charge is 0.310 e. The fourth-order valence-corrected chi connectivity index (χ4v) is 8.97. The van der Waals surface area contributed by atoms with Crippen LogP contribution in [0.3, 0.4) is 0 Å². The maximum atomic E-state index is 2.45. The second-order valence-electron chi connectivity index (χ2n) is 14.9. The van der Waals surface area contributed by atoms with E-state index in [9.17, 15) is 0 Å². The van der Waals surface area contributed by atoms with E-state index in [4.69, 9.17) is 0 Å². The maximum Gasteiger partial charge on any atom is 0.0546 e. The highest BCUT2D eigenvalue weighted by molar-refractivity contribution is 6.22. The van der Waals surface area contributed by atoms with Crippen LogP contribution in [0.25, 0.3) is 87.2 Å². The summed E-state index contributed by atoms with van der Waals surface area (Å²) in [6.45, 7) is 0. The molecule has 266 valence electrons. The molecule has 0 aliphatic rings. The summed E-state index contributed by atoms with van der Waals surface area (Å²) < 4.78 is 0. The molecule has 11 aromatic rings. The minimum atomic E-state index is 1.11. The summed E-state index contributed by atoms with van der Waals surface area (Å²) in [4.78, 5) is 2.45. The van der Waals surface area contributed by atoms with E-state index >= 15 is 0 Å². The van der Waals surface area contributed by atoms with Crippen LogP contribution in [0.5, 0.6) is 0 Å². The van der Waals surface area contributed by atoms with Gasteiger partial charge in [0.2, 0.25) is 0 Å². The highest BCUT2D eigenvalue weighted by atomic mass is 15.1. The topological polar surface area (TPSA) is 3.24 Å². The molecule has 0 aliphatic heterocycles. The highest BCUT2D eigenvalue weighted by Crippen LogP contribution is 2.47. The number of nitrogens with zero attached hydrogens (tertiary/aromatic N) is 1. The summed E-state index contributed by atoms with van der Waals surface area (Å²) in [5.41, 5.74) is 10.7. The van der Waals surface area contributed by atoms with Crippen molar-refractivity contribution in [1.82, 2.24) is 0 Å². The van der Waals surface area contributed by atoms with Gasteiger partial charge in [0.05, 0.1) is 5.69 Å². The first-order chi connectivity index (χ1) is 28.3. The van der Waals surface area contributed by atoms with Gasteiger partial charge >= 0.3 is 0 Å². The van der Waals surface area contributed by atoms with Crippen molar-refractivity contribution in [1.29, 1.82) is 0 Å². The molecule has 0 N–H and O–H groups in total. The lowest BCUT2D eigenvalue weighted by atomic mass is 9.84. The van der Waals surface area contributed by atoms with Crippen molar-refractivity contribution in [3.8, 4) is 33.4 Å². The van der Waals surface area contributed by atoms with E-state index in [0.29, 0.717) is 0 Å². The lowest BCUT2D eigenvalue weighted by Crippen LogP contribution is -2.11. The molecule has 0 bridgehead atoms. The third kappa shape index (κ3) is 5.63. The predicted octanol–water partition coefficient (Wildman–Crippen LogP) is 15.9. The molecule has 0 saturated heterocycles. The summed E-state index contributed by atoms with van der Waals surface area (Å²) >= 11 is 0. The number of anilines is 3. The molecule has 0 aromatic heterocycles. The molecule has 0 fully saturated rings. The molecule has 57 heavy (non-hydrogen) atoms. The van der Waals surface area contributed by atoms with Gasteiger partial charge in [-0.2, -0.15) is 0 Å². The molecule has 0 saturated carbocycles. The number of rotatable bonds is 6. The second-order valence-corrected chi connectivity index (χ2v) is 14.9. The molecule has 11 rings (SSSR count). The summed E-state index contributed by atoms with van der Waals surface area (Å²) in [5.74, 6) is 0. The monoisotopic (exact) mass is 723 g/mol. The van der Waals surface area contributed by atoms with Crippen molar-refractivity contribution in [3.63, 3.8) is 0 Å². The SMILES string of the molecule is c1ccc(-c2c(-c3ccccc3)c3cc(-c4cccc(N(c5ccc6ccccc6c5)c5cc6ccccc6c6ccccc56)c4)ccc3c3ccccc23)cc1. The molecule has 0 heterocycles. The molecule has 11 aromatic carbocycles. The van der Waals surface area contributed by atoms with E-state index in [-0.39, 0.29) is 0 Å². The zero-order valence-electron chi connectivity index (χ0n) is 31.3. The van der Waals surface area contributed by atoms with Crippen molar-refractivity contribution in [2.75, 3.05) is 4.90 Å². The summed E-state index contributed by atoms with van der Waals surface area (Å²) in [7, 11) is 0. The smallest absolute Gasteiger partial charge is 0.0546 e. The summed E-state index contributed by atoms with van der Waals surface area (Å²) in [5, 5.41) is 12.4. The number of hydrogen-bond acceptors (Lipinski definition) is 1. The molecular weight excluding hydrogens is 687 g/mol. The van der Waals surface area contributed by atoms with Gasteiger partial charge in [-0.1, -0.05) is 188 Å². The van der Waals surface area contributed by atoms with Crippen LogP contribution < -0.4 is 4.90 Å². The fourth-order valence-electron chi connectivity index (χ4n) is 8.97. The number of hydrogen-bond donors (Lipinski definition) is 0. The Kier molecular flexibility index (Phi) is 7.89. The fraction of sp³-hybridized carbons (Fsp3) is 0. The average molecular weight is 724 g/mol. The van der Waals surface area contributed by atoms with Gasteiger partial charge in [0, 0.05) is 16.8 Å². The van der Waals surface area contributed by atoms with Gasteiger partial charge in [-0.25, -0.2) is 0 Å². The van der Waals surface area contributed by atoms with Crippen LogP contribution in [0.1, 0.15) is 0 Å². The van der Waals surface area contributed by atoms with E-state index in [2.05, 4.69) is 229 Å². The Morgan fingerprint density at radius 2 is 0.737 bits per heavy atom. The zero-order valence-corrected chi connectivity index (χ0v) is 31.3. The van der Waals surface area contributed by atoms with Gasteiger partial charge in [-0.15, -0.1) is 0 Å². The van der Waals surface area contributed by atoms with Crippen LogP contribution in [-0.2, 0) is 0 Å². The highest BCUT2D eigenvalue weighted by Gasteiger charge is 2.21. The third-order valence-electron chi connectivity index (χ3n) is 11.6. The predicted molar refractivity (Wildman–Crippen MR) is 245 cm³/mol. The number of fused-ring (bicyclic) bond motifs is 7. The Morgan fingerprint density at radius 3 is 1.47 bits per heavy atom. The number of benzene rings is 11. The Balaban J connectivity index is 1.16. The quantitative estimate of drug-likeness (QED) is 0.154. The zero-order chi connectivity index (χ0) is 37.7. The molecule has 1 nitrogen and oxygen atoms in total. The van der Waals surface area contributed by atoms with Crippen LogP contribution in [-0.4, -0.2) is 0 Å². The van der Waals surface area contributed by atoms with Gasteiger partial charge in [-0.05, 0) is 118 Å². The van der Waals surface area contributed by atoms with Crippen molar-refractivity contribution >= 4 is 70.9 Å². The van der Waals surface area contributed by atoms with Crippen LogP contribution in [0.2, 0.25) is 0 Å². The maximum absolute atomic E-state index is 2.45. The third-order valence-corrected chi connectivity index (χ3v) is 11.6. The normalized spacial score (nSPS) is 11.5. The van der Waals surface area contributed by atoms with Crippen molar-refractivity contribution in [2.45, 2.75) is 0 Å². The van der Waals surface area contributed by atoms with Crippen molar-refractivity contribution < 1.29 is 0 Å². The first kappa shape index (κ1) is 32.9. The Hall–Kier alpha value is -7.48. The van der Waals surface area contributed by atoms with E-state index in [1.165, 1.54) is 87.2 Å².